The molecule has 0 aliphatic carbocycles. The van der Waals surface area contributed by atoms with Crippen LogP contribution in [0.4, 0.5) is 5.69 Å². The van der Waals surface area contributed by atoms with Crippen molar-refractivity contribution < 1.29 is 9.53 Å². The Labute approximate surface area is 201 Å². The van der Waals surface area contributed by atoms with Crippen molar-refractivity contribution in [2.24, 2.45) is 0 Å². The standard InChI is InChI=1S/C29H31N3O2/c1-19-9-10-22(4)27(16-19)34-12-11-31-26-8-6-5-7-25(26)30-29(31)23-17-28(33)32(18-23)24-14-20(2)13-21(3)15-24/h5-10,13-16,23H,11-12,17-18H2,1-4H3. The quantitative estimate of drug-likeness (QED) is 0.367. The molecule has 1 fully saturated rings. The third kappa shape index (κ3) is 4.30. The van der Waals surface area contributed by atoms with E-state index in [0.717, 1.165) is 33.9 Å². The van der Waals surface area contributed by atoms with Gasteiger partial charge in [0, 0.05) is 24.6 Å². The summed E-state index contributed by atoms with van der Waals surface area (Å²) in [5.74, 6) is 2.08. The first-order valence-electron chi connectivity index (χ1n) is 11.9. The van der Waals surface area contributed by atoms with Crippen LogP contribution in [-0.2, 0) is 11.3 Å². The van der Waals surface area contributed by atoms with Crippen LogP contribution in [0.1, 0.15) is 40.4 Å². The minimum Gasteiger partial charge on any atom is -0.491 e. The number of aromatic nitrogens is 2. The van der Waals surface area contributed by atoms with Crippen molar-refractivity contribution >= 4 is 22.6 Å². The fourth-order valence-electron chi connectivity index (χ4n) is 4.99. The molecule has 1 atom stereocenters. The van der Waals surface area contributed by atoms with Crippen LogP contribution in [-0.4, -0.2) is 28.6 Å². The number of ether oxygens (including phenoxy) is 1. The summed E-state index contributed by atoms with van der Waals surface area (Å²) in [6, 6.07) is 20.8. The van der Waals surface area contributed by atoms with E-state index in [2.05, 4.69) is 74.7 Å². The molecule has 0 radical (unpaired) electrons. The smallest absolute Gasteiger partial charge is 0.227 e. The van der Waals surface area contributed by atoms with Crippen LogP contribution in [0, 0.1) is 27.7 Å². The molecule has 174 valence electrons. The fraction of sp³-hybridized carbons (Fsp3) is 0.310. The van der Waals surface area contributed by atoms with E-state index in [0.29, 0.717) is 26.1 Å². The summed E-state index contributed by atoms with van der Waals surface area (Å²) in [5.41, 5.74) is 7.67. The molecule has 5 heteroatoms. The monoisotopic (exact) mass is 453 g/mol. The number of rotatable bonds is 6. The second kappa shape index (κ2) is 8.98. The van der Waals surface area contributed by atoms with E-state index in [1.165, 1.54) is 16.7 Å². The summed E-state index contributed by atoms with van der Waals surface area (Å²) < 4.78 is 8.41. The lowest BCUT2D eigenvalue weighted by Crippen LogP contribution is -2.25. The Kier molecular flexibility index (Phi) is 5.86. The first-order valence-corrected chi connectivity index (χ1v) is 11.9. The summed E-state index contributed by atoms with van der Waals surface area (Å²) in [6.07, 6.45) is 0.466. The van der Waals surface area contributed by atoms with E-state index in [1.54, 1.807) is 0 Å². The van der Waals surface area contributed by atoms with E-state index in [1.807, 2.05) is 23.1 Å². The normalized spacial score (nSPS) is 15.9. The van der Waals surface area contributed by atoms with Crippen LogP contribution >= 0.6 is 0 Å². The lowest BCUT2D eigenvalue weighted by Gasteiger charge is -2.19. The average molecular weight is 454 g/mol. The Hall–Kier alpha value is -3.60. The minimum atomic E-state index is 0.0430. The number of amides is 1. The van der Waals surface area contributed by atoms with Gasteiger partial charge in [-0.2, -0.15) is 0 Å². The van der Waals surface area contributed by atoms with Gasteiger partial charge < -0.3 is 14.2 Å². The summed E-state index contributed by atoms with van der Waals surface area (Å²) in [6.45, 7) is 10.2. The van der Waals surface area contributed by atoms with Gasteiger partial charge in [-0.3, -0.25) is 4.79 Å². The first-order chi connectivity index (χ1) is 16.4. The van der Waals surface area contributed by atoms with Gasteiger partial charge in [-0.05, 0) is 80.3 Å². The number of benzene rings is 3. The van der Waals surface area contributed by atoms with Crippen LogP contribution in [0.25, 0.3) is 11.0 Å². The summed E-state index contributed by atoms with van der Waals surface area (Å²) in [5, 5.41) is 0. The summed E-state index contributed by atoms with van der Waals surface area (Å²) in [7, 11) is 0. The number of nitrogens with zero attached hydrogens (tertiary/aromatic N) is 3. The Morgan fingerprint density at radius 3 is 2.50 bits per heavy atom. The van der Waals surface area contributed by atoms with Crippen molar-refractivity contribution in [1.82, 2.24) is 9.55 Å². The molecule has 5 rings (SSSR count). The van der Waals surface area contributed by atoms with Gasteiger partial charge in [0.1, 0.15) is 18.2 Å². The highest BCUT2D eigenvalue weighted by molar-refractivity contribution is 5.96. The van der Waals surface area contributed by atoms with E-state index in [9.17, 15) is 4.79 Å². The maximum atomic E-state index is 13.0. The Morgan fingerprint density at radius 2 is 1.71 bits per heavy atom. The second-order valence-electron chi connectivity index (χ2n) is 9.48. The minimum absolute atomic E-state index is 0.0430. The van der Waals surface area contributed by atoms with Gasteiger partial charge in [0.15, 0.2) is 0 Å². The molecule has 1 saturated heterocycles. The highest BCUT2D eigenvalue weighted by Gasteiger charge is 2.35. The van der Waals surface area contributed by atoms with Crippen LogP contribution in [0.3, 0.4) is 0 Å². The Morgan fingerprint density at radius 1 is 0.941 bits per heavy atom. The SMILES string of the molecule is Cc1cc(C)cc(N2CC(c3nc4ccccc4n3CCOc3cc(C)ccc3C)CC2=O)c1. The van der Waals surface area contributed by atoms with Crippen molar-refractivity contribution in [1.29, 1.82) is 0 Å². The van der Waals surface area contributed by atoms with Gasteiger partial charge in [-0.15, -0.1) is 0 Å². The lowest BCUT2D eigenvalue weighted by molar-refractivity contribution is -0.117. The topological polar surface area (TPSA) is 47.4 Å². The van der Waals surface area contributed by atoms with Gasteiger partial charge in [0.25, 0.3) is 0 Å². The molecular formula is C29H31N3O2. The van der Waals surface area contributed by atoms with Crippen molar-refractivity contribution in [3.05, 3.63) is 88.7 Å². The van der Waals surface area contributed by atoms with E-state index >= 15 is 0 Å². The summed E-state index contributed by atoms with van der Waals surface area (Å²) in [4.78, 5) is 19.9. The van der Waals surface area contributed by atoms with Crippen LogP contribution in [0.5, 0.6) is 5.75 Å². The van der Waals surface area contributed by atoms with Gasteiger partial charge in [-0.1, -0.05) is 30.3 Å². The molecule has 1 amide bonds. The predicted octanol–water partition coefficient (Wildman–Crippen LogP) is 5.87. The largest absolute Gasteiger partial charge is 0.491 e. The van der Waals surface area contributed by atoms with Gasteiger partial charge >= 0.3 is 0 Å². The molecule has 1 aromatic heterocycles. The molecule has 0 saturated carbocycles. The van der Waals surface area contributed by atoms with Crippen LogP contribution in [0.2, 0.25) is 0 Å². The number of hydrogen-bond donors (Lipinski definition) is 0. The van der Waals surface area contributed by atoms with E-state index in [-0.39, 0.29) is 11.8 Å². The van der Waals surface area contributed by atoms with Crippen LogP contribution in [0.15, 0.2) is 60.7 Å². The van der Waals surface area contributed by atoms with E-state index in [4.69, 9.17) is 9.72 Å². The van der Waals surface area contributed by atoms with Crippen molar-refractivity contribution in [2.75, 3.05) is 18.1 Å². The zero-order chi connectivity index (χ0) is 23.8. The zero-order valence-electron chi connectivity index (χ0n) is 20.3. The second-order valence-corrected chi connectivity index (χ2v) is 9.48. The average Bonchev–Trinajstić information content (AvgIpc) is 3.36. The molecule has 1 aliphatic heterocycles. The Balaban J connectivity index is 1.42. The number of fused-ring (bicyclic) bond motifs is 1. The molecule has 0 spiro atoms. The fourth-order valence-corrected chi connectivity index (χ4v) is 4.99. The molecule has 0 N–H and O–H groups in total. The molecule has 1 aliphatic rings. The van der Waals surface area contributed by atoms with Gasteiger partial charge in [0.2, 0.25) is 5.91 Å². The van der Waals surface area contributed by atoms with E-state index < -0.39 is 0 Å². The van der Waals surface area contributed by atoms with Crippen LogP contribution < -0.4 is 9.64 Å². The maximum absolute atomic E-state index is 13.0. The maximum Gasteiger partial charge on any atom is 0.227 e. The van der Waals surface area contributed by atoms with Gasteiger partial charge in [0.05, 0.1) is 17.6 Å². The highest BCUT2D eigenvalue weighted by atomic mass is 16.5. The third-order valence-electron chi connectivity index (χ3n) is 6.61. The first kappa shape index (κ1) is 22.2. The number of carbonyl (C=O) groups excluding carboxylic acids is 1. The number of hydrogen-bond acceptors (Lipinski definition) is 3. The zero-order valence-corrected chi connectivity index (χ0v) is 20.3. The number of anilines is 1. The van der Waals surface area contributed by atoms with Crippen molar-refractivity contribution in [3.8, 4) is 5.75 Å². The molecular weight excluding hydrogens is 422 g/mol. The molecule has 2 heterocycles. The number of imidazole rings is 1. The van der Waals surface area contributed by atoms with Crippen molar-refractivity contribution in [3.63, 3.8) is 0 Å². The number of carbonyl (C=O) groups is 1. The van der Waals surface area contributed by atoms with Gasteiger partial charge in [-0.25, -0.2) is 4.98 Å². The molecule has 1 unspecified atom stereocenters. The summed E-state index contributed by atoms with van der Waals surface area (Å²) >= 11 is 0. The highest BCUT2D eigenvalue weighted by Crippen LogP contribution is 2.34. The lowest BCUT2D eigenvalue weighted by atomic mass is 10.1. The molecule has 5 nitrogen and oxygen atoms in total. The molecule has 34 heavy (non-hydrogen) atoms. The Bertz CT molecular complexity index is 1350. The number of aryl methyl sites for hydroxylation is 4. The van der Waals surface area contributed by atoms with Crippen molar-refractivity contribution in [2.45, 2.75) is 46.6 Å². The third-order valence-corrected chi connectivity index (χ3v) is 6.61. The number of para-hydroxylation sites is 2. The molecule has 3 aromatic carbocycles. The predicted molar refractivity (Wildman–Crippen MR) is 137 cm³/mol. The molecule has 4 aromatic rings. The molecule has 0 bridgehead atoms.